The second kappa shape index (κ2) is 10.9. The van der Waals surface area contributed by atoms with Gasteiger partial charge in [0.05, 0.1) is 18.1 Å². The summed E-state index contributed by atoms with van der Waals surface area (Å²) >= 11 is 0. The van der Waals surface area contributed by atoms with Gasteiger partial charge in [0.1, 0.15) is 6.04 Å². The Hall–Kier alpha value is -3.11. The van der Waals surface area contributed by atoms with E-state index in [-0.39, 0.29) is 22.8 Å². The summed E-state index contributed by atoms with van der Waals surface area (Å²) in [5.41, 5.74) is 0.911. The van der Waals surface area contributed by atoms with Crippen LogP contribution in [0, 0.1) is 5.92 Å². The normalized spacial score (nSPS) is 14.4. The molecular weight excluding hydrogens is 458 g/mol. The molecule has 2 aromatic rings. The van der Waals surface area contributed by atoms with Gasteiger partial charge in [-0.05, 0) is 56.2 Å². The van der Waals surface area contributed by atoms with Crippen LogP contribution in [0.3, 0.4) is 0 Å². The number of hydrogen-bond donors (Lipinski definition) is 3. The van der Waals surface area contributed by atoms with E-state index in [1.54, 1.807) is 44.2 Å². The fourth-order valence-corrected chi connectivity index (χ4v) is 4.67. The van der Waals surface area contributed by atoms with Gasteiger partial charge in [0.2, 0.25) is 15.9 Å². The Balaban J connectivity index is 1.72. The number of amides is 2. The molecule has 0 spiro atoms. The number of ether oxygens (including phenoxy) is 2. The zero-order valence-electron chi connectivity index (χ0n) is 19.8. The average molecular weight is 490 g/mol. The van der Waals surface area contributed by atoms with E-state index in [1.165, 1.54) is 12.1 Å². The summed E-state index contributed by atoms with van der Waals surface area (Å²) in [5, 5.41) is 5.52. The third kappa shape index (κ3) is 6.48. The van der Waals surface area contributed by atoms with Crippen LogP contribution in [0.2, 0.25) is 0 Å². The van der Waals surface area contributed by atoms with Crippen molar-refractivity contribution in [3.8, 4) is 11.5 Å². The molecule has 1 unspecified atom stereocenters. The molecule has 10 heteroatoms. The van der Waals surface area contributed by atoms with Gasteiger partial charge in [0.25, 0.3) is 5.91 Å². The van der Waals surface area contributed by atoms with E-state index in [0.29, 0.717) is 42.4 Å². The van der Waals surface area contributed by atoms with E-state index in [2.05, 4.69) is 15.4 Å². The van der Waals surface area contributed by atoms with Crippen molar-refractivity contribution in [2.24, 2.45) is 5.92 Å². The number of nitrogens with one attached hydrogen (secondary N) is 3. The monoisotopic (exact) mass is 489 g/mol. The Bertz CT molecular complexity index is 1130. The van der Waals surface area contributed by atoms with E-state index >= 15 is 0 Å². The van der Waals surface area contributed by atoms with Gasteiger partial charge in [-0.2, -0.15) is 4.72 Å². The van der Waals surface area contributed by atoms with Crippen molar-refractivity contribution in [3.63, 3.8) is 0 Å². The molecule has 2 amide bonds. The highest BCUT2D eigenvalue weighted by Gasteiger charge is 2.29. The second-order valence-corrected chi connectivity index (χ2v) is 10.4. The number of sulfonamides is 1. The summed E-state index contributed by atoms with van der Waals surface area (Å²) in [5.74, 6) is -0.206. The molecule has 0 saturated heterocycles. The van der Waals surface area contributed by atoms with Crippen LogP contribution in [0.5, 0.6) is 11.5 Å². The van der Waals surface area contributed by atoms with E-state index in [4.69, 9.17) is 9.47 Å². The SMILES string of the molecule is CC(C)NC(=O)c1ccc(NC(=O)C(NS(=O)(=O)c2ccc3c(c2)OCCCO3)C(C)C)cc1. The van der Waals surface area contributed by atoms with Crippen molar-refractivity contribution < 1.29 is 27.5 Å². The van der Waals surface area contributed by atoms with Crippen LogP contribution in [-0.4, -0.2) is 45.5 Å². The van der Waals surface area contributed by atoms with Crippen LogP contribution >= 0.6 is 0 Å². The van der Waals surface area contributed by atoms with E-state index in [1.807, 2.05) is 13.8 Å². The predicted octanol–water partition coefficient (Wildman–Crippen LogP) is 2.93. The van der Waals surface area contributed by atoms with Gasteiger partial charge in [-0.3, -0.25) is 9.59 Å². The van der Waals surface area contributed by atoms with Gasteiger partial charge >= 0.3 is 0 Å². The minimum Gasteiger partial charge on any atom is -0.490 e. The topological polar surface area (TPSA) is 123 Å². The van der Waals surface area contributed by atoms with Gasteiger partial charge in [-0.25, -0.2) is 8.42 Å². The first kappa shape index (κ1) is 25.5. The largest absolute Gasteiger partial charge is 0.490 e. The lowest BCUT2D eigenvalue weighted by Crippen LogP contribution is -2.47. The smallest absolute Gasteiger partial charge is 0.251 e. The number of fused-ring (bicyclic) bond motifs is 1. The van der Waals surface area contributed by atoms with Crippen LogP contribution in [0.1, 0.15) is 44.5 Å². The first-order valence-corrected chi connectivity index (χ1v) is 12.7. The van der Waals surface area contributed by atoms with Crippen molar-refractivity contribution >= 4 is 27.5 Å². The molecule has 1 heterocycles. The Morgan fingerprint density at radius 3 is 2.18 bits per heavy atom. The van der Waals surface area contributed by atoms with Crippen molar-refractivity contribution in [2.75, 3.05) is 18.5 Å². The van der Waals surface area contributed by atoms with Crippen LogP contribution in [0.4, 0.5) is 5.69 Å². The molecule has 0 saturated carbocycles. The van der Waals surface area contributed by atoms with E-state index in [9.17, 15) is 18.0 Å². The quantitative estimate of drug-likeness (QED) is 0.524. The fraction of sp³-hybridized carbons (Fsp3) is 0.417. The molecule has 1 aliphatic rings. The van der Waals surface area contributed by atoms with Gasteiger partial charge in [0.15, 0.2) is 11.5 Å². The molecule has 184 valence electrons. The maximum atomic E-state index is 13.1. The third-order valence-corrected chi connectivity index (χ3v) is 6.53. The molecule has 0 radical (unpaired) electrons. The molecule has 1 aliphatic heterocycles. The lowest BCUT2D eigenvalue weighted by molar-refractivity contribution is -0.118. The molecule has 0 fully saturated rings. The molecule has 2 aromatic carbocycles. The lowest BCUT2D eigenvalue weighted by atomic mass is 10.0. The van der Waals surface area contributed by atoms with Crippen LogP contribution in [0.15, 0.2) is 47.4 Å². The number of benzene rings is 2. The Kier molecular flexibility index (Phi) is 8.16. The van der Waals surface area contributed by atoms with Gasteiger partial charge in [-0.15, -0.1) is 0 Å². The zero-order valence-corrected chi connectivity index (χ0v) is 20.6. The zero-order chi connectivity index (χ0) is 24.9. The number of carbonyl (C=O) groups excluding carboxylic acids is 2. The maximum absolute atomic E-state index is 13.1. The molecule has 1 atom stereocenters. The van der Waals surface area contributed by atoms with Crippen molar-refractivity contribution in [1.29, 1.82) is 0 Å². The van der Waals surface area contributed by atoms with Crippen LogP contribution in [0.25, 0.3) is 0 Å². The van der Waals surface area contributed by atoms with E-state index < -0.39 is 22.0 Å². The summed E-state index contributed by atoms with van der Waals surface area (Å²) in [4.78, 5) is 25.0. The third-order valence-electron chi connectivity index (χ3n) is 5.09. The maximum Gasteiger partial charge on any atom is 0.251 e. The molecule has 3 N–H and O–H groups in total. The molecular formula is C24H31N3O6S. The minimum absolute atomic E-state index is 0.00496. The highest BCUT2D eigenvalue weighted by atomic mass is 32.2. The van der Waals surface area contributed by atoms with Gasteiger partial charge < -0.3 is 20.1 Å². The van der Waals surface area contributed by atoms with Gasteiger partial charge in [0, 0.05) is 29.8 Å². The number of hydrogen-bond acceptors (Lipinski definition) is 6. The summed E-state index contributed by atoms with van der Waals surface area (Å²) < 4.78 is 39.7. The molecule has 0 bridgehead atoms. The summed E-state index contributed by atoms with van der Waals surface area (Å²) in [6.07, 6.45) is 0.702. The predicted molar refractivity (Wildman–Crippen MR) is 129 cm³/mol. The number of carbonyl (C=O) groups is 2. The molecule has 0 aliphatic carbocycles. The lowest BCUT2D eigenvalue weighted by Gasteiger charge is -2.22. The minimum atomic E-state index is -4.02. The first-order valence-electron chi connectivity index (χ1n) is 11.2. The summed E-state index contributed by atoms with van der Waals surface area (Å²) in [6.45, 7) is 8.16. The van der Waals surface area contributed by atoms with Crippen LogP contribution < -0.4 is 24.8 Å². The highest BCUT2D eigenvalue weighted by Crippen LogP contribution is 2.32. The number of rotatable bonds is 8. The highest BCUT2D eigenvalue weighted by molar-refractivity contribution is 7.89. The van der Waals surface area contributed by atoms with Crippen LogP contribution in [-0.2, 0) is 14.8 Å². The number of anilines is 1. The van der Waals surface area contributed by atoms with E-state index in [0.717, 1.165) is 0 Å². The average Bonchev–Trinajstić information content (AvgIpc) is 3.02. The standard InChI is InChI=1S/C24H31N3O6S/c1-15(2)22(24(29)26-18-8-6-17(7-9-18)23(28)25-16(3)4)27-34(30,31)19-10-11-20-21(14-19)33-13-5-12-32-20/h6-11,14-16,22,27H,5,12-13H2,1-4H3,(H,25,28)(H,26,29). The Morgan fingerprint density at radius 1 is 0.912 bits per heavy atom. The molecule has 0 aromatic heterocycles. The van der Waals surface area contributed by atoms with Crippen molar-refractivity contribution in [1.82, 2.24) is 10.0 Å². The molecule has 3 rings (SSSR count). The van der Waals surface area contributed by atoms with Gasteiger partial charge in [-0.1, -0.05) is 13.8 Å². The Morgan fingerprint density at radius 2 is 1.56 bits per heavy atom. The summed E-state index contributed by atoms with van der Waals surface area (Å²) in [7, 11) is -4.02. The molecule has 9 nitrogen and oxygen atoms in total. The molecule has 34 heavy (non-hydrogen) atoms. The van der Waals surface area contributed by atoms with Crippen molar-refractivity contribution in [3.05, 3.63) is 48.0 Å². The first-order chi connectivity index (χ1) is 16.1. The summed E-state index contributed by atoms with van der Waals surface area (Å²) in [6, 6.07) is 9.75. The van der Waals surface area contributed by atoms with Crippen molar-refractivity contribution in [2.45, 2.75) is 51.1 Å². The second-order valence-electron chi connectivity index (χ2n) is 8.70. The Labute approximate surface area is 200 Å². The fourth-order valence-electron chi connectivity index (χ4n) is 3.31.